The molecule has 0 unspecified atom stereocenters. The van der Waals surface area contributed by atoms with Gasteiger partial charge in [0, 0.05) is 13.1 Å². The van der Waals surface area contributed by atoms with Gasteiger partial charge in [0.15, 0.2) is 12.4 Å². The molecule has 1 heterocycles. The average molecular weight is 344 g/mol. The molecule has 0 aliphatic heterocycles. The maximum absolute atomic E-state index is 12.1. The molecule has 24 heavy (non-hydrogen) atoms. The Morgan fingerprint density at radius 1 is 1.25 bits per heavy atom. The topological polar surface area (TPSA) is 68.1 Å². The number of nitrogens with zero attached hydrogens (tertiary/aromatic N) is 5. The Hall–Kier alpha value is -2.20. The van der Waals surface area contributed by atoms with E-state index in [2.05, 4.69) is 30.5 Å². The number of halogens is 3. The van der Waals surface area contributed by atoms with Gasteiger partial charge in [-0.05, 0) is 48.8 Å². The highest BCUT2D eigenvalue weighted by Gasteiger charge is 2.28. The van der Waals surface area contributed by atoms with E-state index in [0.717, 1.165) is 13.1 Å². The zero-order valence-electron chi connectivity index (χ0n) is 13.4. The smallest absolute Gasteiger partial charge is 0.422 e. The van der Waals surface area contributed by atoms with Crippen molar-refractivity contribution in [1.82, 2.24) is 30.4 Å². The molecule has 0 saturated heterocycles. The summed E-state index contributed by atoms with van der Waals surface area (Å²) < 4.78 is 42.7. The van der Waals surface area contributed by atoms with Crippen molar-refractivity contribution in [2.24, 2.45) is 0 Å². The fourth-order valence-electron chi connectivity index (χ4n) is 1.98. The normalized spacial score (nSPS) is 11.9. The second-order valence-electron chi connectivity index (χ2n) is 5.25. The lowest BCUT2D eigenvalue weighted by molar-refractivity contribution is -0.153. The number of hydrogen-bond acceptors (Lipinski definition) is 6. The van der Waals surface area contributed by atoms with E-state index in [4.69, 9.17) is 0 Å². The van der Waals surface area contributed by atoms with Crippen LogP contribution in [0.1, 0.15) is 5.82 Å². The zero-order chi connectivity index (χ0) is 17.6. The van der Waals surface area contributed by atoms with Crippen LogP contribution < -0.4 is 10.1 Å². The Balaban J connectivity index is 2.03. The number of benzene rings is 1. The van der Waals surface area contributed by atoms with Crippen LogP contribution in [0.3, 0.4) is 0 Å². The van der Waals surface area contributed by atoms with Gasteiger partial charge < -0.3 is 10.1 Å². The first-order valence-electron chi connectivity index (χ1n) is 7.29. The van der Waals surface area contributed by atoms with Crippen LogP contribution in [0.5, 0.6) is 5.75 Å². The van der Waals surface area contributed by atoms with Crippen LogP contribution in [0, 0.1) is 0 Å². The number of tetrazole rings is 1. The largest absolute Gasteiger partial charge is 0.484 e. The second-order valence-corrected chi connectivity index (χ2v) is 5.25. The molecule has 0 amide bonds. The van der Waals surface area contributed by atoms with Gasteiger partial charge in [-0.3, -0.25) is 4.90 Å². The van der Waals surface area contributed by atoms with Crippen molar-refractivity contribution >= 4 is 0 Å². The Bertz CT molecular complexity index is 628. The van der Waals surface area contributed by atoms with Crippen molar-refractivity contribution in [3.8, 4) is 11.4 Å². The Kier molecular flexibility index (Phi) is 6.10. The molecule has 0 spiro atoms. The van der Waals surface area contributed by atoms with Crippen LogP contribution in [0.4, 0.5) is 13.2 Å². The first-order valence-corrected chi connectivity index (χ1v) is 7.29. The van der Waals surface area contributed by atoms with Crippen LogP contribution in [-0.4, -0.2) is 65.1 Å². The van der Waals surface area contributed by atoms with Crippen molar-refractivity contribution < 1.29 is 17.9 Å². The van der Waals surface area contributed by atoms with E-state index in [1.165, 1.54) is 12.1 Å². The monoisotopic (exact) mass is 344 g/mol. The molecule has 0 aliphatic carbocycles. The molecule has 1 aromatic heterocycles. The number of nitrogens with one attached hydrogen (secondary N) is 1. The third-order valence-corrected chi connectivity index (χ3v) is 3.17. The summed E-state index contributed by atoms with van der Waals surface area (Å²) in [4.78, 5) is 2.06. The van der Waals surface area contributed by atoms with Crippen molar-refractivity contribution in [3.63, 3.8) is 0 Å². The molecule has 7 nitrogen and oxygen atoms in total. The van der Waals surface area contributed by atoms with Crippen LogP contribution in [0.2, 0.25) is 0 Å². The van der Waals surface area contributed by atoms with Crippen molar-refractivity contribution in [2.45, 2.75) is 12.7 Å². The summed E-state index contributed by atoms with van der Waals surface area (Å²) in [6.45, 7) is 0.886. The summed E-state index contributed by atoms with van der Waals surface area (Å²) in [5.74, 6) is 0.773. The van der Waals surface area contributed by atoms with E-state index in [9.17, 15) is 13.2 Å². The van der Waals surface area contributed by atoms with Crippen molar-refractivity contribution in [2.75, 3.05) is 33.8 Å². The number of hydrogen-bond donors (Lipinski definition) is 1. The minimum atomic E-state index is -4.36. The number of alkyl halides is 3. The Morgan fingerprint density at radius 2 is 1.96 bits per heavy atom. The molecule has 0 radical (unpaired) electrons. The first kappa shape index (κ1) is 18.1. The molecular weight excluding hydrogens is 325 g/mol. The van der Waals surface area contributed by atoms with Crippen LogP contribution in [0.15, 0.2) is 24.3 Å². The standard InChI is InChI=1S/C14H19F3N6O/c1-18-7-8-22(2)9-13-19-20-21-23(13)11-3-5-12(6-4-11)24-10-14(15,16)17/h3-6,18H,7-10H2,1-2H3. The van der Waals surface area contributed by atoms with Gasteiger partial charge in [-0.2, -0.15) is 17.9 Å². The second kappa shape index (κ2) is 8.06. The van der Waals surface area contributed by atoms with E-state index in [-0.39, 0.29) is 5.75 Å². The molecule has 2 aromatic rings. The molecule has 2 rings (SSSR count). The number of aromatic nitrogens is 4. The zero-order valence-corrected chi connectivity index (χ0v) is 13.4. The molecule has 0 atom stereocenters. The maximum atomic E-state index is 12.1. The predicted molar refractivity (Wildman–Crippen MR) is 81.0 cm³/mol. The molecule has 0 fully saturated rings. The lowest BCUT2D eigenvalue weighted by atomic mass is 10.3. The first-order chi connectivity index (χ1) is 11.4. The molecule has 0 aliphatic rings. The summed E-state index contributed by atoms with van der Waals surface area (Å²) in [5, 5.41) is 14.6. The van der Waals surface area contributed by atoms with Gasteiger partial charge in [0.25, 0.3) is 0 Å². The minimum absolute atomic E-state index is 0.136. The molecule has 1 N–H and O–H groups in total. The number of likely N-dealkylation sites (N-methyl/N-ethyl adjacent to an activating group) is 2. The highest BCUT2D eigenvalue weighted by atomic mass is 19.4. The fraction of sp³-hybridized carbons (Fsp3) is 0.500. The van der Waals surface area contributed by atoms with E-state index in [1.807, 2.05) is 14.1 Å². The van der Waals surface area contributed by atoms with Gasteiger partial charge in [0.2, 0.25) is 0 Å². The lowest BCUT2D eigenvalue weighted by Gasteiger charge is -2.15. The van der Waals surface area contributed by atoms with Gasteiger partial charge in [-0.25, -0.2) is 0 Å². The van der Waals surface area contributed by atoms with Crippen LogP contribution in [-0.2, 0) is 6.54 Å². The van der Waals surface area contributed by atoms with E-state index < -0.39 is 12.8 Å². The van der Waals surface area contributed by atoms with Gasteiger partial charge in [0.05, 0.1) is 12.2 Å². The van der Waals surface area contributed by atoms with Gasteiger partial charge >= 0.3 is 6.18 Å². The van der Waals surface area contributed by atoms with Crippen LogP contribution in [0.25, 0.3) is 5.69 Å². The third kappa shape index (κ3) is 5.46. The summed E-state index contributed by atoms with van der Waals surface area (Å²) in [6, 6.07) is 6.13. The molecule has 1 aromatic carbocycles. The number of rotatable bonds is 8. The molecule has 10 heteroatoms. The average Bonchev–Trinajstić information content (AvgIpc) is 2.99. The van der Waals surface area contributed by atoms with Crippen LogP contribution >= 0.6 is 0 Å². The SMILES string of the molecule is CNCCN(C)Cc1nnnn1-c1ccc(OCC(F)(F)F)cc1. The predicted octanol–water partition coefficient (Wildman–Crippen LogP) is 1.25. The van der Waals surface area contributed by atoms with E-state index >= 15 is 0 Å². The summed E-state index contributed by atoms with van der Waals surface area (Å²) in [7, 11) is 3.82. The quantitative estimate of drug-likeness (QED) is 0.778. The van der Waals surface area contributed by atoms with Crippen molar-refractivity contribution in [3.05, 3.63) is 30.1 Å². The lowest BCUT2D eigenvalue weighted by Crippen LogP contribution is -2.28. The minimum Gasteiger partial charge on any atom is -0.484 e. The summed E-state index contributed by atoms with van der Waals surface area (Å²) >= 11 is 0. The van der Waals surface area contributed by atoms with Gasteiger partial charge in [0.1, 0.15) is 5.75 Å². The molecular formula is C14H19F3N6O. The number of ether oxygens (including phenoxy) is 1. The Labute approximate surface area is 137 Å². The molecule has 132 valence electrons. The van der Waals surface area contributed by atoms with Gasteiger partial charge in [-0.1, -0.05) is 0 Å². The summed E-state index contributed by atoms with van der Waals surface area (Å²) in [5.41, 5.74) is 0.649. The highest BCUT2D eigenvalue weighted by Crippen LogP contribution is 2.20. The highest BCUT2D eigenvalue weighted by molar-refractivity contribution is 5.37. The molecule has 0 saturated carbocycles. The van der Waals surface area contributed by atoms with Crippen molar-refractivity contribution in [1.29, 1.82) is 0 Å². The fourth-order valence-corrected chi connectivity index (χ4v) is 1.98. The van der Waals surface area contributed by atoms with E-state index in [0.29, 0.717) is 18.1 Å². The Morgan fingerprint density at radius 3 is 2.58 bits per heavy atom. The summed E-state index contributed by atoms with van der Waals surface area (Å²) in [6.07, 6.45) is -4.36. The van der Waals surface area contributed by atoms with E-state index in [1.54, 1.807) is 16.8 Å². The molecule has 0 bridgehead atoms. The van der Waals surface area contributed by atoms with Gasteiger partial charge in [-0.15, -0.1) is 5.10 Å². The maximum Gasteiger partial charge on any atom is 0.422 e. The third-order valence-electron chi connectivity index (χ3n) is 3.17.